The van der Waals surface area contributed by atoms with Gasteiger partial charge in [0.1, 0.15) is 13.2 Å². The van der Waals surface area contributed by atoms with E-state index in [1.807, 2.05) is 0 Å². The Morgan fingerprint density at radius 1 is 0.300 bits per heavy atom. The average Bonchev–Trinajstić information content (AvgIpc) is 3.36. The molecule has 0 fully saturated rings. The van der Waals surface area contributed by atoms with Crippen LogP contribution >= 0.6 is 0 Å². The van der Waals surface area contributed by atoms with Gasteiger partial charge < -0.3 is 14.2 Å². The molecule has 0 spiro atoms. The number of carbonyl (C=O) groups excluding carboxylic acids is 3. The molecule has 0 saturated carbocycles. The molecule has 0 radical (unpaired) electrons. The fourth-order valence-electron chi connectivity index (χ4n) is 7.95. The number of ether oxygens (including phenoxy) is 3. The van der Waals surface area contributed by atoms with Gasteiger partial charge in [0.15, 0.2) is 6.10 Å². The molecule has 0 aliphatic carbocycles. The second kappa shape index (κ2) is 57.9. The summed E-state index contributed by atoms with van der Waals surface area (Å²) in [5.74, 6) is -0.934. The van der Waals surface area contributed by atoms with E-state index in [9.17, 15) is 14.4 Å². The van der Waals surface area contributed by atoms with E-state index in [0.717, 1.165) is 109 Å². The molecule has 0 heterocycles. The molecule has 70 heavy (non-hydrogen) atoms. The van der Waals surface area contributed by atoms with E-state index in [2.05, 4.69) is 118 Å². The SMILES string of the molecule is CC/C=C\C/C=C\C/C=C\C/C=C\C/C=C\CCCCCC(=O)OC(COC(=O)CCCCCCCC)COC(=O)CCCCCCCCCCCCCC/C=C\C/C=C\C/C=C\CCCCCCC. The van der Waals surface area contributed by atoms with Crippen LogP contribution in [0.4, 0.5) is 0 Å². The van der Waals surface area contributed by atoms with Crippen LogP contribution in [0.5, 0.6) is 0 Å². The van der Waals surface area contributed by atoms with Gasteiger partial charge >= 0.3 is 17.9 Å². The molecule has 0 saturated heterocycles. The van der Waals surface area contributed by atoms with Crippen LogP contribution in [0.2, 0.25) is 0 Å². The smallest absolute Gasteiger partial charge is 0.306 e. The maximum absolute atomic E-state index is 12.8. The first-order chi connectivity index (χ1) is 34.5. The largest absolute Gasteiger partial charge is 0.462 e. The minimum atomic E-state index is -0.793. The highest BCUT2D eigenvalue weighted by atomic mass is 16.6. The standard InChI is InChI=1S/C64H108O6/c1-4-7-10-13-16-18-20-22-24-26-28-29-30-31-32-33-34-35-37-38-40-42-44-46-48-51-54-57-63(66)69-60-61(59-68-62(65)56-53-50-15-12-9-6-3)70-64(67)58-55-52-49-47-45-43-41-39-36-27-25-23-21-19-17-14-11-8-5-2/h8,11,17,19-20,22-23,25-26,28,30-31,36,39,43,45,61H,4-7,9-10,12-16,18,21,24,27,29,32-35,37-38,40-42,44,46-60H2,1-3H3/b11-8-,19-17-,22-20-,25-23-,28-26-,31-30-,39-36-,45-43-. The van der Waals surface area contributed by atoms with Crippen molar-refractivity contribution in [3.05, 3.63) is 97.2 Å². The Bertz CT molecular complexity index is 1400. The van der Waals surface area contributed by atoms with E-state index in [1.165, 1.54) is 122 Å². The van der Waals surface area contributed by atoms with Crippen molar-refractivity contribution in [2.24, 2.45) is 0 Å². The van der Waals surface area contributed by atoms with Gasteiger partial charge in [0.25, 0.3) is 0 Å². The van der Waals surface area contributed by atoms with E-state index in [4.69, 9.17) is 14.2 Å². The number of esters is 3. The summed E-state index contributed by atoms with van der Waals surface area (Å²) in [7, 11) is 0. The van der Waals surface area contributed by atoms with Crippen molar-refractivity contribution in [3.63, 3.8) is 0 Å². The van der Waals surface area contributed by atoms with E-state index in [1.54, 1.807) is 0 Å². The number of rotatable bonds is 52. The monoisotopic (exact) mass is 973 g/mol. The minimum Gasteiger partial charge on any atom is -0.462 e. The molecular weight excluding hydrogens is 865 g/mol. The lowest BCUT2D eigenvalue weighted by molar-refractivity contribution is -0.167. The average molecular weight is 974 g/mol. The highest BCUT2D eigenvalue weighted by molar-refractivity contribution is 5.71. The van der Waals surface area contributed by atoms with Crippen molar-refractivity contribution in [3.8, 4) is 0 Å². The fourth-order valence-corrected chi connectivity index (χ4v) is 7.95. The van der Waals surface area contributed by atoms with Crippen LogP contribution in [0.25, 0.3) is 0 Å². The van der Waals surface area contributed by atoms with E-state index >= 15 is 0 Å². The van der Waals surface area contributed by atoms with Crippen LogP contribution in [0.1, 0.15) is 271 Å². The molecule has 0 aliphatic heterocycles. The molecule has 0 aromatic rings. The summed E-state index contributed by atoms with van der Waals surface area (Å²) in [6.45, 7) is 6.43. The fraction of sp³-hybridized carbons (Fsp3) is 0.703. The topological polar surface area (TPSA) is 78.9 Å². The summed E-state index contributed by atoms with van der Waals surface area (Å²) in [4.78, 5) is 37.9. The molecule has 1 atom stereocenters. The van der Waals surface area contributed by atoms with Crippen LogP contribution in [-0.2, 0) is 28.6 Å². The van der Waals surface area contributed by atoms with Crippen LogP contribution in [0, 0.1) is 0 Å². The molecule has 0 bridgehead atoms. The molecule has 6 nitrogen and oxygen atoms in total. The Hall–Kier alpha value is -3.67. The van der Waals surface area contributed by atoms with E-state index < -0.39 is 6.10 Å². The maximum Gasteiger partial charge on any atom is 0.306 e. The third-order valence-corrected chi connectivity index (χ3v) is 12.3. The van der Waals surface area contributed by atoms with Crippen LogP contribution in [0.3, 0.4) is 0 Å². The lowest BCUT2D eigenvalue weighted by Crippen LogP contribution is -2.30. The van der Waals surface area contributed by atoms with Gasteiger partial charge in [0, 0.05) is 19.3 Å². The lowest BCUT2D eigenvalue weighted by atomic mass is 10.0. The summed E-state index contributed by atoms with van der Waals surface area (Å²) < 4.78 is 16.7. The highest BCUT2D eigenvalue weighted by Gasteiger charge is 2.19. The normalized spacial score (nSPS) is 12.8. The Kier molecular flexibility index (Phi) is 54.9. The number of hydrogen-bond acceptors (Lipinski definition) is 6. The Morgan fingerprint density at radius 2 is 0.557 bits per heavy atom. The highest BCUT2D eigenvalue weighted by Crippen LogP contribution is 2.15. The first-order valence-electron chi connectivity index (χ1n) is 29.2. The molecule has 400 valence electrons. The van der Waals surface area contributed by atoms with Gasteiger partial charge in [0.05, 0.1) is 0 Å². The molecule has 0 aromatic carbocycles. The van der Waals surface area contributed by atoms with Crippen LogP contribution < -0.4 is 0 Å². The summed E-state index contributed by atoms with van der Waals surface area (Å²) >= 11 is 0. The minimum absolute atomic E-state index is 0.0916. The zero-order valence-corrected chi connectivity index (χ0v) is 45.8. The Labute approximate surface area is 432 Å². The predicted molar refractivity (Wildman–Crippen MR) is 302 cm³/mol. The van der Waals surface area contributed by atoms with Crippen molar-refractivity contribution in [1.82, 2.24) is 0 Å². The zero-order valence-electron chi connectivity index (χ0n) is 45.8. The van der Waals surface area contributed by atoms with Gasteiger partial charge in [0.2, 0.25) is 0 Å². The van der Waals surface area contributed by atoms with E-state index in [-0.39, 0.29) is 37.5 Å². The Balaban J connectivity index is 4.17. The first kappa shape index (κ1) is 66.3. The van der Waals surface area contributed by atoms with Gasteiger partial charge in [-0.3, -0.25) is 14.4 Å². The lowest BCUT2D eigenvalue weighted by Gasteiger charge is -2.18. The summed E-state index contributed by atoms with van der Waals surface area (Å²) in [6.07, 6.45) is 77.2. The van der Waals surface area contributed by atoms with Crippen molar-refractivity contribution in [2.45, 2.75) is 277 Å². The number of carbonyl (C=O) groups is 3. The van der Waals surface area contributed by atoms with Crippen molar-refractivity contribution < 1.29 is 28.6 Å². The molecule has 0 N–H and O–H groups in total. The number of hydrogen-bond donors (Lipinski definition) is 0. The molecule has 0 amide bonds. The number of allylic oxidation sites excluding steroid dienone is 16. The molecule has 0 aliphatic rings. The van der Waals surface area contributed by atoms with Crippen molar-refractivity contribution in [2.75, 3.05) is 13.2 Å². The van der Waals surface area contributed by atoms with Gasteiger partial charge in [-0.15, -0.1) is 0 Å². The van der Waals surface area contributed by atoms with Gasteiger partial charge in [-0.2, -0.15) is 0 Å². The summed E-state index contributed by atoms with van der Waals surface area (Å²) in [6, 6.07) is 0. The van der Waals surface area contributed by atoms with Gasteiger partial charge in [-0.25, -0.2) is 0 Å². The van der Waals surface area contributed by atoms with Crippen molar-refractivity contribution >= 4 is 17.9 Å². The molecule has 0 aromatic heterocycles. The quantitative estimate of drug-likeness (QED) is 0.0262. The summed E-state index contributed by atoms with van der Waals surface area (Å²) in [5, 5.41) is 0. The van der Waals surface area contributed by atoms with Crippen LogP contribution in [-0.4, -0.2) is 37.2 Å². The molecule has 6 heteroatoms. The second-order valence-electron chi connectivity index (χ2n) is 19.2. The predicted octanol–water partition coefficient (Wildman–Crippen LogP) is 19.7. The Morgan fingerprint density at radius 3 is 0.886 bits per heavy atom. The third kappa shape index (κ3) is 55.3. The summed E-state index contributed by atoms with van der Waals surface area (Å²) in [5.41, 5.74) is 0. The van der Waals surface area contributed by atoms with Crippen LogP contribution in [0.15, 0.2) is 97.2 Å². The van der Waals surface area contributed by atoms with Gasteiger partial charge in [-0.1, -0.05) is 246 Å². The number of unbranched alkanes of at least 4 members (excludes halogenated alkanes) is 25. The molecular formula is C64H108O6. The third-order valence-electron chi connectivity index (χ3n) is 12.3. The zero-order chi connectivity index (χ0) is 50.7. The van der Waals surface area contributed by atoms with Gasteiger partial charge in [-0.05, 0) is 103 Å². The second-order valence-corrected chi connectivity index (χ2v) is 19.2. The molecule has 1 unspecified atom stereocenters. The van der Waals surface area contributed by atoms with Crippen molar-refractivity contribution in [1.29, 1.82) is 0 Å². The first-order valence-corrected chi connectivity index (χ1v) is 29.2. The van der Waals surface area contributed by atoms with E-state index in [0.29, 0.717) is 12.8 Å². The maximum atomic E-state index is 12.8. The molecule has 0 rings (SSSR count).